The lowest BCUT2D eigenvalue weighted by molar-refractivity contribution is -0.141. The van der Waals surface area contributed by atoms with E-state index in [2.05, 4.69) is 5.32 Å². The van der Waals surface area contributed by atoms with Crippen molar-refractivity contribution in [1.29, 1.82) is 0 Å². The molecule has 0 spiro atoms. The fourth-order valence-electron chi connectivity index (χ4n) is 1.49. The Bertz CT molecular complexity index is 412. The first-order chi connectivity index (χ1) is 8.63. The molecule has 0 fully saturated rings. The van der Waals surface area contributed by atoms with Crippen molar-refractivity contribution in [2.45, 2.75) is 19.8 Å². The van der Waals surface area contributed by atoms with E-state index in [0.717, 1.165) is 11.3 Å². The minimum absolute atomic E-state index is 0.177. The van der Waals surface area contributed by atoms with Gasteiger partial charge in [-0.3, -0.25) is 9.59 Å². The van der Waals surface area contributed by atoms with Gasteiger partial charge in [0.15, 0.2) is 0 Å². The summed E-state index contributed by atoms with van der Waals surface area (Å²) < 4.78 is 0. The minimum Gasteiger partial charge on any atom is -0.481 e. The highest BCUT2D eigenvalue weighted by Gasteiger charge is 2.16. The normalized spacial score (nSPS) is 12.5. The first-order valence-corrected chi connectivity index (χ1v) is 6.73. The van der Waals surface area contributed by atoms with Gasteiger partial charge in [-0.25, -0.2) is 0 Å². The highest BCUT2D eigenvalue weighted by atomic mass is 32.1. The Hall–Kier alpha value is -1.62. The van der Waals surface area contributed by atoms with Crippen LogP contribution in [0.15, 0.2) is 23.6 Å². The molecule has 0 aliphatic rings. The number of carbonyl (C=O) groups excluding carboxylic acids is 1. The maximum absolute atomic E-state index is 11.5. The molecule has 0 saturated heterocycles. The fourth-order valence-corrected chi connectivity index (χ4v) is 2.11. The van der Waals surface area contributed by atoms with Crippen molar-refractivity contribution in [3.63, 3.8) is 0 Å². The van der Waals surface area contributed by atoms with Gasteiger partial charge in [-0.2, -0.15) is 0 Å². The maximum atomic E-state index is 11.5. The lowest BCUT2D eigenvalue weighted by Crippen LogP contribution is -2.31. The molecule has 0 bridgehead atoms. The van der Waals surface area contributed by atoms with E-state index in [4.69, 9.17) is 5.11 Å². The molecular weight excluding hydrogens is 250 g/mol. The van der Waals surface area contributed by atoms with Crippen LogP contribution in [-0.2, 0) is 9.59 Å². The van der Waals surface area contributed by atoms with Crippen LogP contribution in [-0.4, -0.2) is 23.5 Å². The largest absolute Gasteiger partial charge is 0.481 e. The van der Waals surface area contributed by atoms with E-state index in [1.807, 2.05) is 24.4 Å². The van der Waals surface area contributed by atoms with Crippen LogP contribution in [0.3, 0.4) is 0 Å². The molecule has 0 saturated carbocycles. The third-order valence-corrected chi connectivity index (χ3v) is 3.29. The molecule has 1 aromatic rings. The predicted octanol–water partition coefficient (Wildman–Crippen LogP) is 2.38. The topological polar surface area (TPSA) is 66.4 Å². The Morgan fingerprint density at radius 2 is 2.33 bits per heavy atom. The molecule has 1 unspecified atom stereocenters. The molecule has 1 atom stereocenters. The van der Waals surface area contributed by atoms with Crippen molar-refractivity contribution in [2.24, 2.45) is 5.92 Å². The Balaban J connectivity index is 2.38. The Labute approximate surface area is 110 Å². The lowest BCUT2D eigenvalue weighted by Gasteiger charge is -2.10. The number of nitrogens with one attached hydrogen (secondary N) is 1. The maximum Gasteiger partial charge on any atom is 0.308 e. The second-order valence-corrected chi connectivity index (χ2v) is 4.90. The number of carbonyl (C=O) groups is 2. The highest BCUT2D eigenvalue weighted by molar-refractivity contribution is 7.10. The van der Waals surface area contributed by atoms with E-state index in [1.165, 1.54) is 6.08 Å². The number of carboxylic acids is 1. The van der Waals surface area contributed by atoms with Crippen LogP contribution < -0.4 is 5.32 Å². The summed E-state index contributed by atoms with van der Waals surface area (Å²) in [6, 6.07) is 3.82. The molecule has 2 N–H and O–H groups in total. The van der Waals surface area contributed by atoms with Crippen molar-refractivity contribution >= 4 is 29.3 Å². The van der Waals surface area contributed by atoms with Crippen molar-refractivity contribution in [1.82, 2.24) is 5.32 Å². The minimum atomic E-state index is -0.862. The van der Waals surface area contributed by atoms with Crippen LogP contribution in [0.25, 0.3) is 6.08 Å². The smallest absolute Gasteiger partial charge is 0.308 e. The Kier molecular flexibility index (Phi) is 6.14. The Morgan fingerprint density at radius 3 is 2.89 bits per heavy atom. The first-order valence-electron chi connectivity index (χ1n) is 5.85. The van der Waals surface area contributed by atoms with Crippen LogP contribution in [0.5, 0.6) is 0 Å². The molecular formula is C13H17NO3S. The number of hydrogen-bond donors (Lipinski definition) is 2. The van der Waals surface area contributed by atoms with E-state index in [0.29, 0.717) is 6.42 Å². The monoisotopic (exact) mass is 267 g/mol. The quantitative estimate of drug-likeness (QED) is 0.745. The summed E-state index contributed by atoms with van der Waals surface area (Å²) in [4.78, 5) is 23.4. The summed E-state index contributed by atoms with van der Waals surface area (Å²) in [6.45, 7) is 2.10. The van der Waals surface area contributed by atoms with Crippen LogP contribution in [0.4, 0.5) is 0 Å². The number of carboxylic acid groups (broad SMARTS) is 1. The molecule has 0 aliphatic heterocycles. The lowest BCUT2D eigenvalue weighted by atomic mass is 10.0. The van der Waals surface area contributed by atoms with Crippen molar-refractivity contribution in [3.8, 4) is 0 Å². The number of rotatable bonds is 7. The molecule has 1 aromatic heterocycles. The average molecular weight is 267 g/mol. The molecule has 0 radical (unpaired) electrons. The van der Waals surface area contributed by atoms with E-state index < -0.39 is 11.9 Å². The van der Waals surface area contributed by atoms with E-state index in [1.54, 1.807) is 17.4 Å². The zero-order valence-corrected chi connectivity index (χ0v) is 11.1. The molecule has 1 rings (SSSR count). The molecule has 98 valence electrons. The molecule has 18 heavy (non-hydrogen) atoms. The zero-order chi connectivity index (χ0) is 13.4. The SMILES string of the molecule is CCCC(CNC(=O)C=Cc1cccs1)C(=O)O. The predicted molar refractivity (Wildman–Crippen MR) is 72.4 cm³/mol. The summed E-state index contributed by atoms with van der Waals surface area (Å²) in [5, 5.41) is 13.5. The van der Waals surface area contributed by atoms with Gasteiger partial charge in [0.25, 0.3) is 0 Å². The average Bonchev–Trinajstić information content (AvgIpc) is 2.84. The molecule has 0 aliphatic carbocycles. The summed E-state index contributed by atoms with van der Waals surface area (Å²) in [5.41, 5.74) is 0. The van der Waals surface area contributed by atoms with Crippen molar-refractivity contribution < 1.29 is 14.7 Å². The Morgan fingerprint density at radius 1 is 1.56 bits per heavy atom. The van der Waals surface area contributed by atoms with Crippen molar-refractivity contribution in [2.75, 3.05) is 6.54 Å². The molecule has 5 heteroatoms. The molecule has 1 heterocycles. The molecule has 1 amide bonds. The third-order valence-electron chi connectivity index (χ3n) is 2.45. The highest BCUT2D eigenvalue weighted by Crippen LogP contribution is 2.10. The summed E-state index contributed by atoms with van der Waals surface area (Å²) in [5.74, 6) is -1.63. The number of thiophene rings is 1. The number of aliphatic carboxylic acids is 1. The second kappa shape index (κ2) is 7.66. The zero-order valence-electron chi connectivity index (χ0n) is 10.3. The van der Waals surface area contributed by atoms with Gasteiger partial charge in [-0.05, 0) is 23.9 Å². The summed E-state index contributed by atoms with van der Waals surface area (Å²) in [7, 11) is 0. The van der Waals surface area contributed by atoms with Crippen LogP contribution in [0.2, 0.25) is 0 Å². The van der Waals surface area contributed by atoms with Gasteiger partial charge in [0, 0.05) is 17.5 Å². The van der Waals surface area contributed by atoms with Gasteiger partial charge >= 0.3 is 5.97 Å². The molecule has 4 nitrogen and oxygen atoms in total. The van der Waals surface area contributed by atoms with Crippen LogP contribution >= 0.6 is 11.3 Å². The number of hydrogen-bond acceptors (Lipinski definition) is 3. The van der Waals surface area contributed by atoms with Gasteiger partial charge < -0.3 is 10.4 Å². The van der Waals surface area contributed by atoms with E-state index in [-0.39, 0.29) is 12.5 Å². The standard InChI is InChI=1S/C13H17NO3S/c1-2-4-10(13(16)17)9-14-12(15)7-6-11-5-3-8-18-11/h3,5-8,10H,2,4,9H2,1H3,(H,14,15)(H,16,17). The van der Waals surface area contributed by atoms with Gasteiger partial charge in [-0.1, -0.05) is 19.4 Å². The molecule has 0 aromatic carbocycles. The first kappa shape index (κ1) is 14.4. The van der Waals surface area contributed by atoms with Gasteiger partial charge in [0.05, 0.1) is 5.92 Å². The van der Waals surface area contributed by atoms with Crippen LogP contribution in [0, 0.1) is 5.92 Å². The fraction of sp³-hybridized carbons (Fsp3) is 0.385. The van der Waals surface area contributed by atoms with Crippen molar-refractivity contribution in [3.05, 3.63) is 28.5 Å². The van der Waals surface area contributed by atoms with Crippen LogP contribution in [0.1, 0.15) is 24.6 Å². The van der Waals surface area contributed by atoms with E-state index in [9.17, 15) is 9.59 Å². The summed E-state index contributed by atoms with van der Waals surface area (Å²) in [6.07, 6.45) is 4.51. The van der Waals surface area contributed by atoms with Gasteiger partial charge in [0.1, 0.15) is 0 Å². The van der Waals surface area contributed by atoms with Gasteiger partial charge in [-0.15, -0.1) is 11.3 Å². The van der Waals surface area contributed by atoms with E-state index >= 15 is 0 Å². The second-order valence-electron chi connectivity index (χ2n) is 3.92. The number of amides is 1. The third kappa shape index (κ3) is 5.14. The van der Waals surface area contributed by atoms with Gasteiger partial charge in [0.2, 0.25) is 5.91 Å². The summed E-state index contributed by atoms with van der Waals surface area (Å²) >= 11 is 1.54.